The molecule has 0 saturated carbocycles. The number of benzene rings is 2. The number of carbonyl (C=O) groups excluding carboxylic acids is 1. The number of nitrogens with one attached hydrogen (secondary N) is 1. The molecule has 0 fully saturated rings. The van der Waals surface area contributed by atoms with E-state index in [9.17, 15) is 4.79 Å². The number of ether oxygens (including phenoxy) is 1. The molecule has 25 heavy (non-hydrogen) atoms. The largest absolute Gasteiger partial charge is 0.484 e. The van der Waals surface area contributed by atoms with Gasteiger partial charge in [-0.15, -0.1) is 0 Å². The summed E-state index contributed by atoms with van der Waals surface area (Å²) in [5, 5.41) is 3.03. The molecule has 0 heterocycles. The second-order valence-corrected chi connectivity index (χ2v) is 6.67. The number of hydrogen-bond donors (Lipinski definition) is 1. The van der Waals surface area contributed by atoms with Gasteiger partial charge >= 0.3 is 0 Å². The first kappa shape index (κ1) is 19.0. The summed E-state index contributed by atoms with van der Waals surface area (Å²) in [6.07, 6.45) is 1.78. The standard InChI is InChI=1S/C22H29NO2/c1-6-17-9-8-10-18(7-2)22(17)23-21(24)14-25-19-11-12-20(15(3)4)16(5)13-19/h8-13,15H,6-7,14H2,1-5H3,(H,23,24). The summed E-state index contributed by atoms with van der Waals surface area (Å²) in [6.45, 7) is 10.6. The number of hydrogen-bond acceptors (Lipinski definition) is 2. The maximum atomic E-state index is 12.3. The molecule has 2 aromatic carbocycles. The Balaban J connectivity index is 2.03. The molecule has 0 unspecified atom stereocenters. The highest BCUT2D eigenvalue weighted by Gasteiger charge is 2.11. The van der Waals surface area contributed by atoms with Gasteiger partial charge in [0.2, 0.25) is 0 Å². The molecule has 0 aliphatic heterocycles. The fourth-order valence-electron chi connectivity index (χ4n) is 3.11. The first-order chi connectivity index (χ1) is 12.0. The smallest absolute Gasteiger partial charge is 0.262 e. The van der Waals surface area contributed by atoms with Crippen molar-refractivity contribution in [1.29, 1.82) is 0 Å². The SMILES string of the molecule is CCc1cccc(CC)c1NC(=O)COc1ccc(C(C)C)c(C)c1. The lowest BCUT2D eigenvalue weighted by molar-refractivity contribution is -0.118. The quantitative estimate of drug-likeness (QED) is 0.747. The number of anilines is 1. The first-order valence-corrected chi connectivity index (χ1v) is 9.10. The minimum Gasteiger partial charge on any atom is -0.484 e. The lowest BCUT2D eigenvalue weighted by Gasteiger charge is -2.15. The normalized spacial score (nSPS) is 10.8. The Morgan fingerprint density at radius 1 is 1.08 bits per heavy atom. The number of carbonyl (C=O) groups is 1. The van der Waals surface area contributed by atoms with Crippen LogP contribution in [0.2, 0.25) is 0 Å². The third-order valence-electron chi connectivity index (χ3n) is 4.50. The molecule has 1 amide bonds. The number of amides is 1. The molecule has 0 aliphatic carbocycles. The summed E-state index contributed by atoms with van der Waals surface area (Å²) in [4.78, 5) is 12.3. The monoisotopic (exact) mass is 339 g/mol. The zero-order chi connectivity index (χ0) is 18.4. The second kappa shape index (κ2) is 8.70. The van der Waals surface area contributed by atoms with E-state index >= 15 is 0 Å². The van der Waals surface area contributed by atoms with E-state index < -0.39 is 0 Å². The third kappa shape index (κ3) is 4.85. The average Bonchev–Trinajstić information content (AvgIpc) is 2.59. The van der Waals surface area contributed by atoms with Crippen LogP contribution in [-0.2, 0) is 17.6 Å². The van der Waals surface area contributed by atoms with Crippen molar-refractivity contribution >= 4 is 11.6 Å². The van der Waals surface area contributed by atoms with Crippen LogP contribution >= 0.6 is 0 Å². The van der Waals surface area contributed by atoms with Crippen molar-refractivity contribution in [3.63, 3.8) is 0 Å². The summed E-state index contributed by atoms with van der Waals surface area (Å²) in [5.74, 6) is 1.09. The van der Waals surface area contributed by atoms with Gasteiger partial charge in [-0.05, 0) is 60.1 Å². The van der Waals surface area contributed by atoms with Crippen LogP contribution in [-0.4, -0.2) is 12.5 Å². The van der Waals surface area contributed by atoms with Crippen molar-refractivity contribution in [1.82, 2.24) is 0 Å². The van der Waals surface area contributed by atoms with E-state index in [0.717, 1.165) is 35.4 Å². The molecule has 0 aromatic heterocycles. The molecule has 0 radical (unpaired) electrons. The summed E-state index contributed by atoms with van der Waals surface area (Å²) in [7, 11) is 0. The Morgan fingerprint density at radius 2 is 1.72 bits per heavy atom. The predicted octanol–water partition coefficient (Wildman–Crippen LogP) is 5.26. The van der Waals surface area contributed by atoms with Crippen LogP contribution in [0.1, 0.15) is 55.9 Å². The van der Waals surface area contributed by atoms with Gasteiger partial charge in [0, 0.05) is 5.69 Å². The second-order valence-electron chi connectivity index (χ2n) is 6.67. The molecule has 0 saturated heterocycles. The van der Waals surface area contributed by atoms with Crippen molar-refractivity contribution < 1.29 is 9.53 Å². The topological polar surface area (TPSA) is 38.3 Å². The Morgan fingerprint density at radius 3 is 2.24 bits per heavy atom. The Kier molecular flexibility index (Phi) is 6.63. The van der Waals surface area contributed by atoms with E-state index in [1.807, 2.05) is 18.2 Å². The summed E-state index contributed by atoms with van der Waals surface area (Å²) < 4.78 is 5.69. The highest BCUT2D eigenvalue weighted by Crippen LogP contribution is 2.24. The molecular formula is C22H29NO2. The maximum Gasteiger partial charge on any atom is 0.262 e. The van der Waals surface area contributed by atoms with Crippen molar-refractivity contribution in [2.75, 3.05) is 11.9 Å². The molecule has 0 atom stereocenters. The minimum absolute atomic E-state index is 0.0155. The van der Waals surface area contributed by atoms with Gasteiger partial charge in [0.05, 0.1) is 0 Å². The van der Waals surface area contributed by atoms with E-state index in [1.54, 1.807) is 0 Å². The summed E-state index contributed by atoms with van der Waals surface area (Å²) in [5.41, 5.74) is 5.75. The van der Waals surface area contributed by atoms with Gasteiger partial charge in [0.15, 0.2) is 6.61 Å². The molecule has 3 nitrogen and oxygen atoms in total. The molecule has 0 aliphatic rings. The van der Waals surface area contributed by atoms with Crippen LogP contribution < -0.4 is 10.1 Å². The van der Waals surface area contributed by atoms with Crippen molar-refractivity contribution in [3.8, 4) is 5.75 Å². The third-order valence-corrected chi connectivity index (χ3v) is 4.50. The molecular weight excluding hydrogens is 310 g/mol. The van der Waals surface area contributed by atoms with E-state index in [1.165, 1.54) is 11.1 Å². The van der Waals surface area contributed by atoms with Gasteiger partial charge in [-0.1, -0.05) is 52.0 Å². The lowest BCUT2D eigenvalue weighted by Crippen LogP contribution is -2.21. The van der Waals surface area contributed by atoms with Crippen LogP contribution in [0.5, 0.6) is 5.75 Å². The average molecular weight is 339 g/mol. The first-order valence-electron chi connectivity index (χ1n) is 9.10. The van der Waals surface area contributed by atoms with E-state index in [0.29, 0.717) is 5.92 Å². The van der Waals surface area contributed by atoms with Crippen LogP contribution in [0.4, 0.5) is 5.69 Å². The van der Waals surface area contributed by atoms with Crippen molar-refractivity contribution in [2.45, 2.75) is 53.4 Å². The summed E-state index contributed by atoms with van der Waals surface area (Å²) in [6, 6.07) is 12.2. The Hall–Kier alpha value is -2.29. The van der Waals surface area contributed by atoms with Crippen LogP contribution in [0.25, 0.3) is 0 Å². The number of para-hydroxylation sites is 1. The molecule has 134 valence electrons. The number of rotatable bonds is 7. The molecule has 2 rings (SSSR count). The minimum atomic E-state index is -0.124. The van der Waals surface area contributed by atoms with Crippen LogP contribution in [0, 0.1) is 6.92 Å². The maximum absolute atomic E-state index is 12.3. The van der Waals surface area contributed by atoms with Gasteiger partial charge in [-0.2, -0.15) is 0 Å². The Bertz CT molecular complexity index is 713. The van der Waals surface area contributed by atoms with Crippen molar-refractivity contribution in [2.24, 2.45) is 0 Å². The van der Waals surface area contributed by atoms with Crippen molar-refractivity contribution in [3.05, 3.63) is 58.7 Å². The fourth-order valence-corrected chi connectivity index (χ4v) is 3.11. The zero-order valence-corrected chi connectivity index (χ0v) is 16.0. The Labute approximate surface area is 151 Å². The van der Waals surface area contributed by atoms with Gasteiger partial charge in [0.1, 0.15) is 5.75 Å². The van der Waals surface area contributed by atoms with E-state index in [-0.39, 0.29) is 12.5 Å². The van der Waals surface area contributed by atoms with Gasteiger partial charge in [0.25, 0.3) is 5.91 Å². The number of aryl methyl sites for hydroxylation is 3. The van der Waals surface area contributed by atoms with Gasteiger partial charge < -0.3 is 10.1 Å². The lowest BCUT2D eigenvalue weighted by atomic mass is 9.98. The highest BCUT2D eigenvalue weighted by atomic mass is 16.5. The van der Waals surface area contributed by atoms with E-state index in [4.69, 9.17) is 4.74 Å². The highest BCUT2D eigenvalue weighted by molar-refractivity contribution is 5.93. The van der Waals surface area contributed by atoms with Gasteiger partial charge in [-0.3, -0.25) is 4.79 Å². The van der Waals surface area contributed by atoms with Gasteiger partial charge in [-0.25, -0.2) is 0 Å². The molecule has 1 N–H and O–H groups in total. The summed E-state index contributed by atoms with van der Waals surface area (Å²) >= 11 is 0. The van der Waals surface area contributed by atoms with Crippen LogP contribution in [0.3, 0.4) is 0 Å². The fraction of sp³-hybridized carbons (Fsp3) is 0.409. The zero-order valence-electron chi connectivity index (χ0n) is 16.0. The molecule has 0 spiro atoms. The molecule has 3 heteroatoms. The van der Waals surface area contributed by atoms with E-state index in [2.05, 4.69) is 58.1 Å². The molecule has 2 aromatic rings. The molecule has 0 bridgehead atoms. The van der Waals surface area contributed by atoms with Crippen LogP contribution in [0.15, 0.2) is 36.4 Å². The predicted molar refractivity (Wildman–Crippen MR) is 105 cm³/mol.